The SMILES string of the molecule is CCCCCCCCCCCCCCCCCC(=O)NC(CCC(=O)NCCOCCOCC(=O)NCCOCCOCC(=O)NCCCC[C@@H](CO)NC)C(=O)O. The topological polar surface area (TPSA) is 223 Å². The molecule has 16 heteroatoms. The van der Waals surface area contributed by atoms with Gasteiger partial charge in [-0.15, -0.1) is 0 Å². The molecule has 0 aromatic rings. The maximum Gasteiger partial charge on any atom is 0.326 e. The first-order chi connectivity index (χ1) is 28.2. The molecular weight excluding hydrogens is 750 g/mol. The Bertz CT molecular complexity index is 1020. The number of aliphatic hydroxyl groups is 1. The van der Waals surface area contributed by atoms with Crippen LogP contribution >= 0.6 is 0 Å². The van der Waals surface area contributed by atoms with Gasteiger partial charge < -0.3 is 55.7 Å². The van der Waals surface area contributed by atoms with E-state index in [1.165, 1.54) is 77.0 Å². The minimum absolute atomic E-state index is 0.00387. The number of hydrogen-bond acceptors (Lipinski definition) is 11. The molecule has 58 heavy (non-hydrogen) atoms. The number of carbonyl (C=O) groups excluding carboxylic acids is 4. The summed E-state index contributed by atoms with van der Waals surface area (Å²) < 4.78 is 21.4. The number of carbonyl (C=O) groups is 5. The van der Waals surface area contributed by atoms with Gasteiger partial charge in [-0.3, -0.25) is 19.2 Å². The monoisotopic (exact) mass is 832 g/mol. The van der Waals surface area contributed by atoms with Gasteiger partial charge >= 0.3 is 5.97 Å². The average molecular weight is 832 g/mol. The van der Waals surface area contributed by atoms with Gasteiger partial charge in [-0.1, -0.05) is 103 Å². The van der Waals surface area contributed by atoms with E-state index in [2.05, 4.69) is 33.5 Å². The maximum absolute atomic E-state index is 12.3. The number of carboxylic acids is 1. The summed E-state index contributed by atoms with van der Waals surface area (Å²) in [6, 6.07) is -1.03. The van der Waals surface area contributed by atoms with Crippen molar-refractivity contribution >= 4 is 29.6 Å². The van der Waals surface area contributed by atoms with E-state index in [4.69, 9.17) is 24.1 Å². The highest BCUT2D eigenvalue weighted by Gasteiger charge is 2.20. The second-order valence-corrected chi connectivity index (χ2v) is 14.7. The lowest BCUT2D eigenvalue weighted by molar-refractivity contribution is -0.142. The molecule has 7 N–H and O–H groups in total. The quantitative estimate of drug-likeness (QED) is 0.0437. The van der Waals surface area contributed by atoms with Crippen molar-refractivity contribution in [1.29, 1.82) is 0 Å². The number of aliphatic carboxylic acids is 1. The van der Waals surface area contributed by atoms with Gasteiger partial charge in [-0.2, -0.15) is 0 Å². The van der Waals surface area contributed by atoms with E-state index in [-0.39, 0.29) is 115 Å². The Morgan fingerprint density at radius 3 is 1.45 bits per heavy atom. The molecule has 0 heterocycles. The molecule has 0 saturated carbocycles. The Balaban J connectivity index is 3.64. The highest BCUT2D eigenvalue weighted by atomic mass is 16.5. The summed E-state index contributed by atoms with van der Waals surface area (Å²) in [6.07, 6.45) is 21.3. The van der Waals surface area contributed by atoms with Crippen molar-refractivity contribution in [2.24, 2.45) is 0 Å². The average Bonchev–Trinajstić information content (AvgIpc) is 3.21. The largest absolute Gasteiger partial charge is 0.480 e. The molecule has 0 aromatic heterocycles. The van der Waals surface area contributed by atoms with Crippen LogP contribution in [-0.2, 0) is 42.9 Å². The van der Waals surface area contributed by atoms with E-state index < -0.39 is 12.0 Å². The van der Waals surface area contributed by atoms with E-state index in [0.29, 0.717) is 13.1 Å². The van der Waals surface area contributed by atoms with Gasteiger partial charge in [0.05, 0.1) is 46.2 Å². The Morgan fingerprint density at radius 1 is 0.500 bits per heavy atom. The van der Waals surface area contributed by atoms with Gasteiger partial charge in [0.15, 0.2) is 0 Å². The molecule has 2 atom stereocenters. The van der Waals surface area contributed by atoms with Crippen LogP contribution in [0, 0.1) is 0 Å². The minimum Gasteiger partial charge on any atom is -0.480 e. The van der Waals surface area contributed by atoms with Crippen LogP contribution in [0.4, 0.5) is 0 Å². The fourth-order valence-corrected chi connectivity index (χ4v) is 6.01. The van der Waals surface area contributed by atoms with Crippen LogP contribution in [0.3, 0.4) is 0 Å². The summed E-state index contributed by atoms with van der Waals surface area (Å²) in [7, 11) is 1.81. The van der Waals surface area contributed by atoms with Crippen LogP contribution in [0.15, 0.2) is 0 Å². The lowest BCUT2D eigenvalue weighted by atomic mass is 10.0. The standard InChI is InChI=1S/C42H81N5O11/c1-3-4-5-6-7-8-9-10-11-12-13-14-15-16-17-21-39(50)47-37(42(53)54)22-23-38(49)45-25-27-55-29-32-58-35-41(52)46-26-28-56-30-31-57-34-40(51)44-24-19-18-20-36(33-48)43-2/h36-37,43,48H,3-35H2,1-2H3,(H,44,51)(H,45,49)(H,46,52)(H,47,50)(H,53,54)/t36-,37?/m0/s1. The number of likely N-dealkylation sites (N-methyl/N-ethyl adjacent to an activating group) is 1. The smallest absolute Gasteiger partial charge is 0.326 e. The van der Waals surface area contributed by atoms with Crippen LogP contribution in [0.25, 0.3) is 0 Å². The van der Waals surface area contributed by atoms with Crippen LogP contribution in [0.5, 0.6) is 0 Å². The molecule has 340 valence electrons. The molecule has 0 spiro atoms. The third-order valence-electron chi connectivity index (χ3n) is 9.58. The molecule has 0 bridgehead atoms. The van der Waals surface area contributed by atoms with E-state index >= 15 is 0 Å². The van der Waals surface area contributed by atoms with Crippen molar-refractivity contribution < 1.29 is 53.1 Å². The van der Waals surface area contributed by atoms with Crippen LogP contribution in [0.1, 0.15) is 142 Å². The Labute approximate surface area is 348 Å². The zero-order chi connectivity index (χ0) is 42.7. The van der Waals surface area contributed by atoms with Gasteiger partial charge in [0.25, 0.3) is 0 Å². The lowest BCUT2D eigenvalue weighted by Crippen LogP contribution is -2.41. The summed E-state index contributed by atoms with van der Waals surface area (Å²) in [5.74, 6) is -2.30. The summed E-state index contributed by atoms with van der Waals surface area (Å²) >= 11 is 0. The predicted octanol–water partition coefficient (Wildman–Crippen LogP) is 3.76. The Hall–Kier alpha value is -2.89. The van der Waals surface area contributed by atoms with Gasteiger partial charge in [0.2, 0.25) is 23.6 Å². The van der Waals surface area contributed by atoms with Crippen molar-refractivity contribution in [2.45, 2.75) is 154 Å². The van der Waals surface area contributed by atoms with Crippen LogP contribution < -0.4 is 26.6 Å². The van der Waals surface area contributed by atoms with E-state index in [1.807, 2.05) is 7.05 Å². The van der Waals surface area contributed by atoms with E-state index in [0.717, 1.165) is 38.5 Å². The highest BCUT2D eigenvalue weighted by molar-refractivity contribution is 5.84. The van der Waals surface area contributed by atoms with Crippen LogP contribution in [0.2, 0.25) is 0 Å². The number of hydrogen-bond donors (Lipinski definition) is 7. The maximum atomic E-state index is 12.3. The Kier molecular flexibility index (Phi) is 40.1. The molecular formula is C42H81N5O11. The Morgan fingerprint density at radius 2 is 0.966 bits per heavy atom. The van der Waals surface area contributed by atoms with Crippen LogP contribution in [-0.4, -0.2) is 138 Å². The fourth-order valence-electron chi connectivity index (χ4n) is 6.01. The molecule has 0 saturated heterocycles. The zero-order valence-corrected chi connectivity index (χ0v) is 36.1. The molecule has 0 aliphatic carbocycles. The summed E-state index contributed by atoms with van der Waals surface area (Å²) in [5, 5.41) is 32.4. The molecule has 0 radical (unpaired) electrons. The summed E-state index contributed by atoms with van der Waals surface area (Å²) in [5.41, 5.74) is 0. The molecule has 0 aliphatic heterocycles. The molecule has 0 aromatic carbocycles. The fraction of sp³-hybridized carbons (Fsp3) is 0.881. The van der Waals surface area contributed by atoms with Crippen molar-refractivity contribution in [3.63, 3.8) is 0 Å². The third-order valence-corrected chi connectivity index (χ3v) is 9.58. The van der Waals surface area contributed by atoms with E-state index in [9.17, 15) is 29.1 Å². The molecule has 0 rings (SSSR count). The minimum atomic E-state index is -1.16. The van der Waals surface area contributed by atoms with Crippen molar-refractivity contribution in [1.82, 2.24) is 26.6 Å². The summed E-state index contributed by atoms with van der Waals surface area (Å²) in [6.45, 7) is 4.66. The number of rotatable bonds is 44. The first-order valence-corrected chi connectivity index (χ1v) is 22.1. The normalized spacial score (nSPS) is 12.2. The zero-order valence-electron chi connectivity index (χ0n) is 36.1. The van der Waals surface area contributed by atoms with Crippen molar-refractivity contribution in [2.75, 3.05) is 86.1 Å². The van der Waals surface area contributed by atoms with Gasteiger partial charge in [-0.25, -0.2) is 4.79 Å². The number of aliphatic hydroxyl groups excluding tert-OH is 1. The highest BCUT2D eigenvalue weighted by Crippen LogP contribution is 2.14. The first-order valence-electron chi connectivity index (χ1n) is 22.1. The van der Waals surface area contributed by atoms with Gasteiger partial charge in [0.1, 0.15) is 19.3 Å². The van der Waals surface area contributed by atoms with Gasteiger partial charge in [-0.05, 0) is 32.7 Å². The van der Waals surface area contributed by atoms with Gasteiger partial charge in [0, 0.05) is 38.5 Å². The van der Waals surface area contributed by atoms with E-state index in [1.54, 1.807) is 0 Å². The summed E-state index contributed by atoms with van der Waals surface area (Å²) in [4.78, 5) is 59.8. The molecule has 16 nitrogen and oxygen atoms in total. The third kappa shape index (κ3) is 38.6. The van der Waals surface area contributed by atoms with Crippen molar-refractivity contribution in [3.8, 4) is 0 Å². The number of ether oxygens (including phenoxy) is 4. The number of nitrogens with one attached hydrogen (secondary N) is 5. The number of amides is 4. The lowest BCUT2D eigenvalue weighted by Gasteiger charge is -2.14. The molecule has 0 aliphatic rings. The second kappa shape index (κ2) is 42.2. The number of carboxylic acid groups (broad SMARTS) is 1. The van der Waals surface area contributed by atoms with Crippen molar-refractivity contribution in [3.05, 3.63) is 0 Å². The molecule has 4 amide bonds. The molecule has 1 unspecified atom stereocenters. The number of unbranched alkanes of at least 4 members (excludes halogenated alkanes) is 15. The first kappa shape index (κ1) is 55.1. The second-order valence-electron chi connectivity index (χ2n) is 14.7. The molecule has 0 fully saturated rings. The predicted molar refractivity (Wildman–Crippen MR) is 224 cm³/mol.